The SMILES string of the molecule is CC(=O)O[C@H]1[C@@H]2O[C@@]3(C(C)(C)O)CC[C@](C)(O3)C2[C@@]2(CO)CC[C@@]34C[C@@]35CC[C@H](Oc3cc(C)cc(C)c3)C(C)(C)C5CCC4[C@]12C. The van der Waals surface area contributed by atoms with E-state index in [-0.39, 0.29) is 40.8 Å². The van der Waals surface area contributed by atoms with Gasteiger partial charge in [0.2, 0.25) is 0 Å². The number of aryl methyl sites for hydroxylation is 2. The maximum Gasteiger partial charge on any atom is 0.303 e. The van der Waals surface area contributed by atoms with Crippen LogP contribution in [0.2, 0.25) is 0 Å². The molecule has 12 atom stereocenters. The van der Waals surface area contributed by atoms with Gasteiger partial charge in [0.15, 0.2) is 5.79 Å². The molecule has 1 aromatic rings. The van der Waals surface area contributed by atoms with Gasteiger partial charge in [-0.25, -0.2) is 0 Å². The lowest BCUT2D eigenvalue weighted by Crippen LogP contribution is -2.65. The zero-order chi connectivity index (χ0) is 33.8. The Hall–Kier alpha value is -1.67. The Morgan fingerprint density at radius 2 is 1.60 bits per heavy atom. The molecular formula is C40H58O7. The van der Waals surface area contributed by atoms with Gasteiger partial charge in [0.05, 0.1) is 5.60 Å². The Morgan fingerprint density at radius 3 is 2.23 bits per heavy atom. The van der Waals surface area contributed by atoms with Crippen molar-refractivity contribution >= 4 is 5.97 Å². The van der Waals surface area contributed by atoms with Crippen LogP contribution >= 0.6 is 0 Å². The van der Waals surface area contributed by atoms with Gasteiger partial charge in [0.1, 0.15) is 29.7 Å². The van der Waals surface area contributed by atoms with E-state index >= 15 is 0 Å². The molecule has 2 spiro atoms. The number of hydrogen-bond acceptors (Lipinski definition) is 7. The summed E-state index contributed by atoms with van der Waals surface area (Å²) < 4.78 is 27.2. The lowest BCUT2D eigenvalue weighted by molar-refractivity contribution is -0.389. The van der Waals surface area contributed by atoms with Crippen LogP contribution in [0.15, 0.2) is 18.2 Å². The van der Waals surface area contributed by atoms with E-state index in [4.69, 9.17) is 18.9 Å². The molecule has 2 saturated heterocycles. The molecule has 5 aliphatic carbocycles. The average Bonchev–Trinajstić information content (AvgIpc) is 3.46. The maximum absolute atomic E-state index is 13.0. The fraction of sp³-hybridized carbons (Fsp3) is 0.825. The van der Waals surface area contributed by atoms with E-state index in [1.165, 1.54) is 24.5 Å². The summed E-state index contributed by atoms with van der Waals surface area (Å²) in [6.45, 7) is 18.7. The number of hydrogen-bond donors (Lipinski definition) is 2. The molecule has 2 N–H and O–H groups in total. The lowest BCUT2D eigenvalue weighted by atomic mass is 9.41. The van der Waals surface area contributed by atoms with Crippen LogP contribution < -0.4 is 4.74 Å². The Balaban J connectivity index is 1.17. The standard InChI is InChI=1S/C40H58O7/c1-23-18-24(2)20-26(19-23)45-29-12-13-37-21-38(37)15-16-39(22-41)31-30(46-40(34(6,7)43)17-14-35(31,8)47-40)32(44-25(3)42)36(39,9)28(38)11-10-27(37)33(29,4)5/h18-20,27-32,41,43H,10-17,21-22H2,1-9H3/t27?,28?,29-,30+,31?,32-,35-,36+,37+,38-,39-,40-/m0/s1. The number of carbonyl (C=O) groups excluding carboxylic acids is 1. The fourth-order valence-corrected chi connectivity index (χ4v) is 14.3. The smallest absolute Gasteiger partial charge is 0.303 e. The van der Waals surface area contributed by atoms with Crippen molar-refractivity contribution in [1.29, 1.82) is 0 Å². The molecule has 3 unspecified atom stereocenters. The summed E-state index contributed by atoms with van der Waals surface area (Å²) >= 11 is 0. The number of ether oxygens (including phenoxy) is 4. The Labute approximate surface area is 281 Å². The fourth-order valence-electron chi connectivity index (χ4n) is 14.3. The number of carbonyl (C=O) groups is 1. The van der Waals surface area contributed by atoms with Gasteiger partial charge >= 0.3 is 5.97 Å². The highest BCUT2D eigenvalue weighted by Crippen LogP contribution is 2.90. The number of aliphatic hydroxyl groups excluding tert-OH is 1. The van der Waals surface area contributed by atoms with E-state index in [1.54, 1.807) is 13.8 Å². The first-order valence-electron chi connectivity index (χ1n) is 18.5. The van der Waals surface area contributed by atoms with Crippen LogP contribution in [0.4, 0.5) is 0 Å². The number of esters is 1. The Kier molecular flexibility index (Phi) is 6.61. The van der Waals surface area contributed by atoms with Gasteiger partial charge in [-0.1, -0.05) is 26.8 Å². The second kappa shape index (κ2) is 9.56. The number of fused-ring (bicyclic) bond motifs is 7. The molecule has 7 fully saturated rings. The van der Waals surface area contributed by atoms with Crippen LogP contribution in [-0.2, 0) is 19.0 Å². The second-order valence-electron chi connectivity index (χ2n) is 18.9. The van der Waals surface area contributed by atoms with Crippen LogP contribution in [0.1, 0.15) is 117 Å². The van der Waals surface area contributed by atoms with Crippen molar-refractivity contribution < 1.29 is 34.0 Å². The molecule has 2 heterocycles. The van der Waals surface area contributed by atoms with Crippen molar-refractivity contribution in [2.45, 2.75) is 155 Å². The molecule has 47 heavy (non-hydrogen) atoms. The number of rotatable bonds is 5. The molecule has 2 bridgehead atoms. The third kappa shape index (κ3) is 3.81. The van der Waals surface area contributed by atoms with E-state index in [2.05, 4.69) is 59.7 Å². The van der Waals surface area contributed by atoms with E-state index in [0.717, 1.165) is 50.7 Å². The van der Waals surface area contributed by atoms with E-state index < -0.39 is 40.0 Å². The van der Waals surface area contributed by atoms with Gasteiger partial charge in [-0.15, -0.1) is 0 Å². The van der Waals surface area contributed by atoms with Gasteiger partial charge in [-0.05, 0) is 132 Å². The summed E-state index contributed by atoms with van der Waals surface area (Å²) in [7, 11) is 0. The van der Waals surface area contributed by atoms with Gasteiger partial charge < -0.3 is 29.2 Å². The minimum Gasteiger partial charge on any atom is -0.490 e. The normalized spacial score (nSPS) is 50.4. The lowest BCUT2D eigenvalue weighted by Gasteiger charge is -2.64. The number of benzene rings is 1. The van der Waals surface area contributed by atoms with Crippen molar-refractivity contribution in [3.8, 4) is 5.75 Å². The third-order valence-electron chi connectivity index (χ3n) is 16.1. The highest BCUT2D eigenvalue weighted by atomic mass is 16.7. The molecule has 5 saturated carbocycles. The molecular weight excluding hydrogens is 592 g/mol. The van der Waals surface area contributed by atoms with E-state index in [9.17, 15) is 15.0 Å². The first kappa shape index (κ1) is 32.5. The molecule has 8 rings (SSSR count). The van der Waals surface area contributed by atoms with Gasteiger partial charge in [-0.3, -0.25) is 4.79 Å². The molecule has 1 aromatic carbocycles. The van der Waals surface area contributed by atoms with Crippen LogP contribution in [0, 0.1) is 58.7 Å². The Morgan fingerprint density at radius 1 is 0.936 bits per heavy atom. The van der Waals surface area contributed by atoms with Crippen LogP contribution in [-0.4, -0.2) is 58.1 Å². The van der Waals surface area contributed by atoms with Gasteiger partial charge in [-0.2, -0.15) is 0 Å². The summed E-state index contributed by atoms with van der Waals surface area (Å²) in [6.07, 6.45) is 7.97. The third-order valence-corrected chi connectivity index (χ3v) is 16.1. The highest BCUT2D eigenvalue weighted by Gasteiger charge is 2.88. The highest BCUT2D eigenvalue weighted by molar-refractivity contribution is 5.66. The summed E-state index contributed by atoms with van der Waals surface area (Å²) in [5.41, 5.74) is 0.00687. The van der Waals surface area contributed by atoms with E-state index in [0.29, 0.717) is 18.3 Å². The second-order valence-corrected chi connectivity index (χ2v) is 18.9. The summed E-state index contributed by atoms with van der Waals surface area (Å²) in [6, 6.07) is 6.55. The molecule has 7 nitrogen and oxygen atoms in total. The monoisotopic (exact) mass is 650 g/mol. The molecule has 260 valence electrons. The largest absolute Gasteiger partial charge is 0.490 e. The first-order valence-corrected chi connectivity index (χ1v) is 18.5. The molecule has 0 aromatic heterocycles. The number of aliphatic hydroxyl groups is 2. The van der Waals surface area contributed by atoms with Gasteiger partial charge in [0, 0.05) is 42.1 Å². The maximum atomic E-state index is 13.0. The average molecular weight is 651 g/mol. The van der Waals surface area contributed by atoms with Crippen LogP contribution in [0.5, 0.6) is 5.75 Å². The van der Waals surface area contributed by atoms with Crippen molar-refractivity contribution in [3.63, 3.8) is 0 Å². The van der Waals surface area contributed by atoms with Gasteiger partial charge in [0.25, 0.3) is 0 Å². The summed E-state index contributed by atoms with van der Waals surface area (Å²) in [4.78, 5) is 13.0. The van der Waals surface area contributed by atoms with E-state index in [1.807, 2.05) is 0 Å². The van der Waals surface area contributed by atoms with Crippen molar-refractivity contribution in [2.24, 2.45) is 44.8 Å². The topological polar surface area (TPSA) is 94.5 Å². The first-order chi connectivity index (χ1) is 21.8. The molecule has 7 heteroatoms. The van der Waals surface area contributed by atoms with Crippen molar-refractivity contribution in [3.05, 3.63) is 29.3 Å². The summed E-state index contributed by atoms with van der Waals surface area (Å²) in [5.74, 6) is 0.200. The molecule has 0 amide bonds. The quantitative estimate of drug-likeness (QED) is 0.330. The zero-order valence-electron chi connectivity index (χ0n) is 30.2. The van der Waals surface area contributed by atoms with Crippen LogP contribution in [0.3, 0.4) is 0 Å². The molecule has 2 aliphatic heterocycles. The van der Waals surface area contributed by atoms with Crippen LogP contribution in [0.25, 0.3) is 0 Å². The predicted molar refractivity (Wildman–Crippen MR) is 178 cm³/mol. The predicted octanol–water partition coefficient (Wildman–Crippen LogP) is 7.05. The Bertz CT molecular complexity index is 1480. The minimum absolute atomic E-state index is 0.0123. The minimum atomic E-state index is -1.24. The van der Waals surface area contributed by atoms with Crippen molar-refractivity contribution in [2.75, 3.05) is 6.61 Å². The zero-order valence-corrected chi connectivity index (χ0v) is 30.2. The van der Waals surface area contributed by atoms with Crippen molar-refractivity contribution in [1.82, 2.24) is 0 Å². The molecule has 0 radical (unpaired) electrons. The summed E-state index contributed by atoms with van der Waals surface area (Å²) in [5, 5.41) is 23.1. The molecule has 7 aliphatic rings.